The normalized spacial score (nSPS) is 31.2. The molecule has 2 atom stereocenters. The number of rotatable bonds is 0. The van der Waals surface area contributed by atoms with E-state index in [-0.39, 0.29) is 9.70 Å². The van der Waals surface area contributed by atoms with Crippen LogP contribution in [0.3, 0.4) is 0 Å². The van der Waals surface area contributed by atoms with Crippen molar-refractivity contribution < 1.29 is 19.9 Å². The van der Waals surface area contributed by atoms with Crippen LogP contribution in [0.15, 0.2) is 0 Å². The fraction of sp³-hybridized carbons (Fsp3) is 0.500. The van der Waals surface area contributed by atoms with Gasteiger partial charge in [0.25, 0.3) is 0 Å². The zero-order chi connectivity index (χ0) is 9.46. The topological polar surface area (TPSA) is 145 Å². The molecule has 1 heterocycles. The van der Waals surface area contributed by atoms with Crippen molar-refractivity contribution in [3.63, 3.8) is 0 Å². The lowest BCUT2D eigenvalue weighted by Gasteiger charge is -2.24. The van der Waals surface area contributed by atoms with Gasteiger partial charge in [-0.15, -0.1) is 0 Å². The Morgan fingerprint density at radius 1 is 1.00 bits per heavy atom. The second-order valence-corrected chi connectivity index (χ2v) is 2.29. The number of nitrogens with two attached hydrogens (primary N) is 2. The van der Waals surface area contributed by atoms with Crippen LogP contribution in [0.1, 0.15) is 0 Å². The lowest BCUT2D eigenvalue weighted by molar-refractivity contribution is -1.06. The molecule has 0 aliphatic carbocycles. The summed E-state index contributed by atoms with van der Waals surface area (Å²) >= 11 is 0. The van der Waals surface area contributed by atoms with Crippen LogP contribution < -0.4 is 11.5 Å². The first-order valence-corrected chi connectivity index (χ1v) is 3.02. The summed E-state index contributed by atoms with van der Waals surface area (Å²) in [6.45, 7) is 0. The van der Waals surface area contributed by atoms with Crippen molar-refractivity contribution in [3.05, 3.63) is 10.4 Å². The van der Waals surface area contributed by atoms with Crippen LogP contribution in [-0.2, 0) is 0 Å². The van der Waals surface area contributed by atoms with E-state index in [1.807, 2.05) is 0 Å². The molecular weight excluding hydrogens is 168 g/mol. The third kappa shape index (κ3) is 0.933. The average Bonchev–Trinajstić information content (AvgIpc) is 2.08. The van der Waals surface area contributed by atoms with Gasteiger partial charge in [-0.1, -0.05) is 9.70 Å². The minimum atomic E-state index is -1.63. The number of nitrogens with zero attached hydrogens (tertiary/aromatic N) is 2. The summed E-state index contributed by atoms with van der Waals surface area (Å²) in [6, 6.07) is 0. The van der Waals surface area contributed by atoms with E-state index < -0.39 is 23.9 Å². The molecule has 8 nitrogen and oxygen atoms in total. The fourth-order valence-corrected chi connectivity index (χ4v) is 0.760. The van der Waals surface area contributed by atoms with Gasteiger partial charge in [-0.3, -0.25) is 11.5 Å². The summed E-state index contributed by atoms with van der Waals surface area (Å²) in [4.78, 5) is -0.653. The number of aliphatic hydroxyl groups is 2. The second-order valence-electron chi connectivity index (χ2n) is 2.29. The largest absolute Gasteiger partial charge is 0.675 e. The summed E-state index contributed by atoms with van der Waals surface area (Å²) in [7, 11) is 0. The number of hydrogen-bond donors (Lipinski definition) is 4. The molecule has 1 aliphatic rings. The molecule has 8 heteroatoms. The molecule has 0 aromatic rings. The Kier molecular flexibility index (Phi) is 1.78. The molecular formula is C4H8N4O4. The van der Waals surface area contributed by atoms with Crippen molar-refractivity contribution >= 4 is 11.7 Å². The second kappa shape index (κ2) is 2.50. The maximum atomic E-state index is 10.7. The van der Waals surface area contributed by atoms with Crippen LogP contribution in [0.4, 0.5) is 0 Å². The molecule has 0 bridgehead atoms. The zero-order valence-corrected chi connectivity index (χ0v) is 5.91. The van der Waals surface area contributed by atoms with E-state index >= 15 is 0 Å². The van der Waals surface area contributed by atoms with Gasteiger partial charge in [-0.25, -0.2) is 0 Å². The predicted octanol–water partition coefficient (Wildman–Crippen LogP) is -3.63. The predicted molar refractivity (Wildman–Crippen MR) is 37.7 cm³/mol. The standard InChI is InChI=1S/C4H8N4O4/c5-3-1(9)2(10)4(6)8(12)7(3)11/h1-2,9-10H,5-6H2. The summed E-state index contributed by atoms with van der Waals surface area (Å²) in [5.41, 5.74) is 9.95. The van der Waals surface area contributed by atoms with Gasteiger partial charge in [0.05, 0.1) is 0 Å². The Hall–Kier alpha value is -1.54. The van der Waals surface area contributed by atoms with E-state index in [1.165, 1.54) is 0 Å². The van der Waals surface area contributed by atoms with Crippen LogP contribution in [0.5, 0.6) is 0 Å². The highest BCUT2D eigenvalue weighted by atomic mass is 16.7. The van der Waals surface area contributed by atoms with Crippen molar-refractivity contribution in [1.29, 1.82) is 0 Å². The van der Waals surface area contributed by atoms with Crippen LogP contribution in [0.2, 0.25) is 0 Å². The maximum absolute atomic E-state index is 10.7. The van der Waals surface area contributed by atoms with Crippen LogP contribution >= 0.6 is 0 Å². The summed E-state index contributed by atoms with van der Waals surface area (Å²) in [5.74, 6) is -1.38. The molecule has 0 fully saturated rings. The quantitative estimate of drug-likeness (QED) is 0.221. The van der Waals surface area contributed by atoms with Crippen LogP contribution in [0.25, 0.3) is 0 Å². The molecule has 2 unspecified atom stereocenters. The van der Waals surface area contributed by atoms with Crippen LogP contribution in [0, 0.1) is 10.4 Å². The first-order chi connectivity index (χ1) is 5.46. The monoisotopic (exact) mass is 176 g/mol. The van der Waals surface area contributed by atoms with E-state index in [4.69, 9.17) is 21.7 Å². The average molecular weight is 176 g/mol. The highest BCUT2D eigenvalue weighted by molar-refractivity contribution is 5.91. The van der Waals surface area contributed by atoms with Crippen molar-refractivity contribution in [2.45, 2.75) is 12.2 Å². The molecule has 0 saturated carbocycles. The summed E-state index contributed by atoms with van der Waals surface area (Å²) < 4.78 is 0. The third-order valence-electron chi connectivity index (χ3n) is 1.51. The Labute approximate surface area is 66.8 Å². The molecule has 1 aliphatic heterocycles. The Balaban J connectivity index is 3.18. The van der Waals surface area contributed by atoms with E-state index in [2.05, 4.69) is 0 Å². The SMILES string of the molecule is NC1=[N+]([O-])[N+]([O-])=C(N)C(O)C1O. The fourth-order valence-electron chi connectivity index (χ4n) is 0.760. The maximum Gasteiger partial charge on any atom is 0.320 e. The molecule has 0 radical (unpaired) electrons. The number of hydrazine groups is 1. The van der Waals surface area contributed by atoms with Crippen molar-refractivity contribution in [3.8, 4) is 0 Å². The van der Waals surface area contributed by atoms with Gasteiger partial charge >= 0.3 is 11.7 Å². The van der Waals surface area contributed by atoms with Gasteiger partial charge in [0.15, 0.2) is 12.2 Å². The van der Waals surface area contributed by atoms with Crippen molar-refractivity contribution in [1.82, 2.24) is 0 Å². The lowest BCUT2D eigenvalue weighted by Crippen LogP contribution is -2.58. The van der Waals surface area contributed by atoms with Gasteiger partial charge in [0.2, 0.25) is 0 Å². The van der Waals surface area contributed by atoms with E-state index in [0.29, 0.717) is 0 Å². The van der Waals surface area contributed by atoms with Gasteiger partial charge < -0.3 is 20.6 Å². The molecule has 12 heavy (non-hydrogen) atoms. The molecule has 0 spiro atoms. The molecule has 1 rings (SSSR count). The molecule has 68 valence electrons. The molecule has 0 amide bonds. The minimum Gasteiger partial charge on any atom is -0.675 e. The Morgan fingerprint density at radius 3 is 1.50 bits per heavy atom. The minimum absolute atomic E-state index is 0.327. The highest BCUT2D eigenvalue weighted by Gasteiger charge is 2.38. The van der Waals surface area contributed by atoms with E-state index in [0.717, 1.165) is 0 Å². The third-order valence-corrected chi connectivity index (χ3v) is 1.51. The van der Waals surface area contributed by atoms with Crippen LogP contribution in [-0.4, -0.2) is 43.8 Å². The van der Waals surface area contributed by atoms with Crippen molar-refractivity contribution in [2.24, 2.45) is 11.5 Å². The number of amidine groups is 2. The van der Waals surface area contributed by atoms with Gasteiger partial charge in [-0.05, 0) is 0 Å². The van der Waals surface area contributed by atoms with Crippen molar-refractivity contribution in [2.75, 3.05) is 0 Å². The van der Waals surface area contributed by atoms with Gasteiger partial charge in [0, 0.05) is 0 Å². The zero-order valence-electron chi connectivity index (χ0n) is 5.91. The molecule has 6 N–H and O–H groups in total. The summed E-state index contributed by atoms with van der Waals surface area (Å²) in [6.07, 6.45) is -3.26. The lowest BCUT2D eigenvalue weighted by atomic mass is 10.1. The molecule has 0 saturated heterocycles. The van der Waals surface area contributed by atoms with E-state index in [9.17, 15) is 10.4 Å². The molecule has 0 aromatic heterocycles. The number of hydrazone groups is 2. The molecule has 0 aromatic carbocycles. The Morgan fingerprint density at radius 2 is 1.25 bits per heavy atom. The Bertz CT molecular complexity index is 244. The smallest absolute Gasteiger partial charge is 0.320 e. The summed E-state index contributed by atoms with van der Waals surface area (Å²) in [5, 5.41) is 39.3. The van der Waals surface area contributed by atoms with Gasteiger partial charge in [0.1, 0.15) is 0 Å². The first kappa shape index (κ1) is 8.56. The first-order valence-electron chi connectivity index (χ1n) is 3.02. The number of aliphatic hydroxyl groups excluding tert-OH is 2. The van der Waals surface area contributed by atoms with E-state index in [1.54, 1.807) is 0 Å². The van der Waals surface area contributed by atoms with Gasteiger partial charge in [-0.2, -0.15) is 0 Å². The number of hydrogen-bond acceptors (Lipinski definition) is 6. The highest BCUT2D eigenvalue weighted by Crippen LogP contribution is 2.00.